The first kappa shape index (κ1) is 15.0. The number of ether oxygens (including phenoxy) is 1. The molecule has 1 atom stereocenters. The maximum Gasteiger partial charge on any atom is 0.173 e. The van der Waals surface area contributed by atoms with Gasteiger partial charge in [0, 0.05) is 13.0 Å². The first-order valence-electron chi connectivity index (χ1n) is 7.00. The van der Waals surface area contributed by atoms with Crippen LogP contribution < -0.4 is 4.74 Å². The minimum absolute atomic E-state index is 0.0530. The van der Waals surface area contributed by atoms with E-state index in [0.717, 1.165) is 0 Å². The number of aromatic nitrogens is 3. The third-order valence-electron chi connectivity index (χ3n) is 3.62. The molecule has 0 N–H and O–H groups in total. The number of rotatable bonds is 3. The lowest BCUT2D eigenvalue weighted by atomic mass is 10.3. The van der Waals surface area contributed by atoms with Crippen molar-refractivity contribution in [2.45, 2.75) is 26.0 Å². The van der Waals surface area contributed by atoms with Crippen molar-refractivity contribution in [2.24, 2.45) is 0 Å². The summed E-state index contributed by atoms with van der Waals surface area (Å²) in [7, 11) is -3.05. The van der Waals surface area contributed by atoms with E-state index in [1.807, 2.05) is 0 Å². The van der Waals surface area contributed by atoms with Gasteiger partial charge in [0.25, 0.3) is 0 Å². The summed E-state index contributed by atoms with van der Waals surface area (Å²) in [6.07, 6.45) is -0.194. The summed E-state index contributed by atoms with van der Waals surface area (Å²) in [5, 5.41) is 8.13. The summed E-state index contributed by atoms with van der Waals surface area (Å²) < 4.78 is 44.4. The average Bonchev–Trinajstić information content (AvgIpc) is 2.82. The van der Waals surface area contributed by atoms with Crippen LogP contribution in [0.25, 0.3) is 0 Å². The Kier molecular flexibility index (Phi) is 3.86. The number of hydrogen-bond acceptors (Lipinski definition) is 5. The number of halogens is 1. The molecule has 3 rings (SSSR count). The fraction of sp³-hybridized carbons (Fsp3) is 0.429. The second-order valence-corrected chi connectivity index (χ2v) is 7.52. The fourth-order valence-corrected chi connectivity index (χ4v) is 3.60. The SMILES string of the molecule is CC(Oc1ccccc1F)c1nnc2n1CCS(=O)(=O)CC2. The first-order valence-corrected chi connectivity index (χ1v) is 8.82. The number of hydrogen-bond donors (Lipinski definition) is 0. The summed E-state index contributed by atoms with van der Waals surface area (Å²) in [6.45, 7) is 2.04. The molecular weight excluding hydrogens is 309 g/mol. The molecule has 0 radical (unpaired) electrons. The molecule has 0 saturated carbocycles. The quantitative estimate of drug-likeness (QED) is 0.855. The van der Waals surface area contributed by atoms with Crippen molar-refractivity contribution in [2.75, 3.05) is 11.5 Å². The Bertz CT molecular complexity index is 788. The molecule has 1 aliphatic rings. The van der Waals surface area contributed by atoms with Gasteiger partial charge in [-0.05, 0) is 19.1 Å². The van der Waals surface area contributed by atoms with Crippen LogP contribution in [0.5, 0.6) is 5.75 Å². The van der Waals surface area contributed by atoms with E-state index < -0.39 is 21.8 Å². The van der Waals surface area contributed by atoms with Crippen molar-refractivity contribution in [3.05, 3.63) is 41.7 Å². The smallest absolute Gasteiger partial charge is 0.173 e. The van der Waals surface area contributed by atoms with Crippen molar-refractivity contribution >= 4 is 9.84 Å². The maximum absolute atomic E-state index is 13.7. The predicted molar refractivity (Wildman–Crippen MR) is 77.8 cm³/mol. The lowest BCUT2D eigenvalue weighted by Gasteiger charge is -2.16. The molecule has 0 aliphatic carbocycles. The monoisotopic (exact) mass is 325 g/mol. The molecule has 1 aliphatic heterocycles. The van der Waals surface area contributed by atoms with Crippen LogP contribution in [-0.2, 0) is 22.8 Å². The number of sulfone groups is 1. The summed E-state index contributed by atoms with van der Waals surface area (Å²) in [5.74, 6) is 0.946. The van der Waals surface area contributed by atoms with Gasteiger partial charge in [0.1, 0.15) is 5.82 Å². The van der Waals surface area contributed by atoms with Crippen LogP contribution in [0.15, 0.2) is 24.3 Å². The van der Waals surface area contributed by atoms with Crippen LogP contribution in [0.2, 0.25) is 0 Å². The summed E-state index contributed by atoms with van der Waals surface area (Å²) in [5.41, 5.74) is 0. The lowest BCUT2D eigenvalue weighted by Crippen LogP contribution is -2.16. The van der Waals surface area contributed by atoms with Gasteiger partial charge < -0.3 is 9.30 Å². The normalized spacial score (nSPS) is 18.3. The van der Waals surface area contributed by atoms with Crippen LogP contribution in [0.4, 0.5) is 4.39 Å². The van der Waals surface area contributed by atoms with E-state index in [9.17, 15) is 12.8 Å². The van der Waals surface area contributed by atoms with Crippen LogP contribution in [0.3, 0.4) is 0 Å². The lowest BCUT2D eigenvalue weighted by molar-refractivity contribution is 0.201. The van der Waals surface area contributed by atoms with Crippen LogP contribution >= 0.6 is 0 Å². The second-order valence-electron chi connectivity index (χ2n) is 5.22. The molecule has 0 spiro atoms. The molecule has 2 heterocycles. The van der Waals surface area contributed by atoms with Gasteiger partial charge in [-0.25, -0.2) is 12.8 Å². The number of para-hydroxylation sites is 1. The van der Waals surface area contributed by atoms with Gasteiger partial charge >= 0.3 is 0 Å². The summed E-state index contributed by atoms with van der Waals surface area (Å²) in [6, 6.07) is 6.12. The molecule has 118 valence electrons. The van der Waals surface area contributed by atoms with E-state index >= 15 is 0 Å². The van der Waals surface area contributed by atoms with Gasteiger partial charge in [-0.15, -0.1) is 10.2 Å². The zero-order valence-corrected chi connectivity index (χ0v) is 12.9. The maximum atomic E-state index is 13.7. The second kappa shape index (κ2) is 5.68. The molecule has 1 unspecified atom stereocenters. The molecule has 8 heteroatoms. The highest BCUT2D eigenvalue weighted by Gasteiger charge is 2.25. The van der Waals surface area contributed by atoms with E-state index in [4.69, 9.17) is 4.74 Å². The van der Waals surface area contributed by atoms with Gasteiger partial charge in [0.05, 0.1) is 11.5 Å². The van der Waals surface area contributed by atoms with Crippen molar-refractivity contribution in [1.82, 2.24) is 14.8 Å². The third kappa shape index (κ3) is 2.96. The summed E-state index contributed by atoms with van der Waals surface area (Å²) >= 11 is 0. The molecule has 0 saturated heterocycles. The predicted octanol–water partition coefficient (Wildman–Crippen LogP) is 1.53. The average molecular weight is 325 g/mol. The topological polar surface area (TPSA) is 74.1 Å². The molecule has 0 amide bonds. The zero-order valence-electron chi connectivity index (χ0n) is 12.1. The van der Waals surface area contributed by atoms with E-state index in [0.29, 0.717) is 24.6 Å². The highest BCUT2D eigenvalue weighted by Crippen LogP contribution is 2.24. The molecule has 1 aromatic heterocycles. The number of nitrogens with zero attached hydrogens (tertiary/aromatic N) is 3. The van der Waals surface area contributed by atoms with Crippen LogP contribution in [0, 0.1) is 5.82 Å². The van der Waals surface area contributed by atoms with Gasteiger partial charge in [0.15, 0.2) is 33.3 Å². The molecule has 0 fully saturated rings. The van der Waals surface area contributed by atoms with E-state index in [2.05, 4.69) is 10.2 Å². The Morgan fingerprint density at radius 1 is 1.27 bits per heavy atom. The number of fused-ring (bicyclic) bond motifs is 1. The summed E-state index contributed by atoms with van der Waals surface area (Å²) in [4.78, 5) is 0. The van der Waals surface area contributed by atoms with Gasteiger partial charge in [-0.3, -0.25) is 0 Å². The largest absolute Gasteiger partial charge is 0.480 e. The fourth-order valence-electron chi connectivity index (χ4n) is 2.44. The van der Waals surface area contributed by atoms with Gasteiger partial charge in [-0.1, -0.05) is 12.1 Å². The van der Waals surface area contributed by atoms with Crippen molar-refractivity contribution < 1.29 is 17.5 Å². The van der Waals surface area contributed by atoms with E-state index in [-0.39, 0.29) is 17.3 Å². The molecule has 0 bridgehead atoms. The minimum Gasteiger partial charge on any atom is -0.480 e. The molecule has 1 aromatic carbocycles. The Balaban J connectivity index is 1.85. The van der Waals surface area contributed by atoms with Crippen LogP contribution in [-0.4, -0.2) is 34.7 Å². The zero-order chi connectivity index (χ0) is 15.7. The first-order chi connectivity index (χ1) is 10.5. The number of aryl methyl sites for hydroxylation is 1. The molecular formula is C14H16FN3O3S. The van der Waals surface area contributed by atoms with E-state index in [1.165, 1.54) is 12.1 Å². The minimum atomic E-state index is -3.05. The highest BCUT2D eigenvalue weighted by molar-refractivity contribution is 7.91. The standard InChI is InChI=1S/C14H16FN3O3S/c1-10(21-12-5-3-2-4-11(12)15)14-17-16-13-6-8-22(19,20)9-7-18(13)14/h2-5,10H,6-9H2,1H3. The van der Waals surface area contributed by atoms with Crippen molar-refractivity contribution in [3.8, 4) is 5.75 Å². The number of benzene rings is 1. The Hall–Kier alpha value is -1.96. The Morgan fingerprint density at radius 3 is 2.82 bits per heavy atom. The van der Waals surface area contributed by atoms with E-state index in [1.54, 1.807) is 23.6 Å². The Morgan fingerprint density at radius 2 is 2.05 bits per heavy atom. The van der Waals surface area contributed by atoms with Crippen molar-refractivity contribution in [1.29, 1.82) is 0 Å². The van der Waals surface area contributed by atoms with Gasteiger partial charge in [-0.2, -0.15) is 0 Å². The van der Waals surface area contributed by atoms with Crippen LogP contribution in [0.1, 0.15) is 24.7 Å². The Labute approximate surface area is 127 Å². The molecule has 22 heavy (non-hydrogen) atoms. The molecule has 2 aromatic rings. The highest BCUT2D eigenvalue weighted by atomic mass is 32.2. The van der Waals surface area contributed by atoms with Crippen molar-refractivity contribution in [3.63, 3.8) is 0 Å². The third-order valence-corrected chi connectivity index (χ3v) is 5.25. The molecule has 6 nitrogen and oxygen atoms in total. The van der Waals surface area contributed by atoms with Gasteiger partial charge in [0.2, 0.25) is 0 Å².